The molecule has 0 unspecified atom stereocenters. The van der Waals surface area contributed by atoms with E-state index in [0.717, 1.165) is 0 Å². The molecule has 0 aliphatic rings. The average molecular weight is 291 g/mol. The lowest BCUT2D eigenvalue weighted by Gasteiger charge is -2.11. The average Bonchev–Trinajstić information content (AvgIpc) is 1.99. The summed E-state index contributed by atoms with van der Waals surface area (Å²) < 4.78 is 60.4. The van der Waals surface area contributed by atoms with Crippen LogP contribution in [0.15, 0.2) is 10.7 Å². The van der Waals surface area contributed by atoms with Crippen molar-refractivity contribution in [3.63, 3.8) is 0 Å². The third-order valence-corrected chi connectivity index (χ3v) is 2.16. The van der Waals surface area contributed by atoms with Crippen molar-refractivity contribution in [2.24, 2.45) is 0 Å². The van der Waals surface area contributed by atoms with E-state index < -0.39 is 34.1 Å². The molecule has 0 spiro atoms. The SMILES string of the molecule is Nc1cc(C(F)(F)F)nc(Br)c1C(F)F. The van der Waals surface area contributed by atoms with Crippen molar-refractivity contribution in [2.45, 2.75) is 12.6 Å². The number of alkyl halides is 5. The summed E-state index contributed by atoms with van der Waals surface area (Å²) in [5.74, 6) is 0. The normalized spacial score (nSPS) is 12.2. The predicted molar refractivity (Wildman–Crippen MR) is 46.3 cm³/mol. The Morgan fingerprint density at radius 3 is 2.20 bits per heavy atom. The fraction of sp³-hybridized carbons (Fsp3) is 0.286. The maximum Gasteiger partial charge on any atom is 0.433 e. The smallest absolute Gasteiger partial charge is 0.398 e. The number of anilines is 1. The second-order valence-electron chi connectivity index (χ2n) is 2.60. The highest BCUT2D eigenvalue weighted by molar-refractivity contribution is 9.10. The first-order valence-corrected chi connectivity index (χ1v) is 4.34. The number of hydrogen-bond donors (Lipinski definition) is 1. The van der Waals surface area contributed by atoms with E-state index in [1.807, 2.05) is 0 Å². The number of rotatable bonds is 1. The second-order valence-corrected chi connectivity index (χ2v) is 3.35. The number of nitrogen functional groups attached to an aromatic ring is 1. The largest absolute Gasteiger partial charge is 0.433 e. The van der Waals surface area contributed by atoms with E-state index in [-0.39, 0.29) is 0 Å². The molecule has 2 nitrogen and oxygen atoms in total. The first-order chi connectivity index (χ1) is 6.73. The van der Waals surface area contributed by atoms with Gasteiger partial charge in [-0.1, -0.05) is 0 Å². The van der Waals surface area contributed by atoms with E-state index in [0.29, 0.717) is 6.07 Å². The fourth-order valence-electron chi connectivity index (χ4n) is 0.904. The molecule has 1 heterocycles. The highest BCUT2D eigenvalue weighted by Gasteiger charge is 2.34. The van der Waals surface area contributed by atoms with Crippen LogP contribution >= 0.6 is 15.9 Å². The van der Waals surface area contributed by atoms with Gasteiger partial charge in [0.25, 0.3) is 6.43 Å². The third-order valence-electron chi connectivity index (χ3n) is 1.55. The van der Waals surface area contributed by atoms with E-state index in [4.69, 9.17) is 5.73 Å². The monoisotopic (exact) mass is 290 g/mol. The van der Waals surface area contributed by atoms with Gasteiger partial charge in [-0.25, -0.2) is 13.8 Å². The molecule has 0 aliphatic carbocycles. The zero-order valence-electron chi connectivity index (χ0n) is 6.95. The maximum absolute atomic E-state index is 12.3. The molecular weight excluding hydrogens is 287 g/mol. The molecule has 0 aliphatic heterocycles. The van der Waals surface area contributed by atoms with Crippen molar-refractivity contribution < 1.29 is 22.0 Å². The molecular formula is C7H4BrF5N2. The van der Waals surface area contributed by atoms with Crippen LogP contribution in [-0.2, 0) is 6.18 Å². The van der Waals surface area contributed by atoms with Crippen LogP contribution in [0.4, 0.5) is 27.6 Å². The predicted octanol–water partition coefficient (Wildman–Crippen LogP) is 3.38. The van der Waals surface area contributed by atoms with Crippen LogP contribution < -0.4 is 5.73 Å². The van der Waals surface area contributed by atoms with Gasteiger partial charge in [-0.2, -0.15) is 13.2 Å². The van der Waals surface area contributed by atoms with Gasteiger partial charge < -0.3 is 5.73 Å². The Labute approximate surface area is 89.4 Å². The molecule has 2 N–H and O–H groups in total. The lowest BCUT2D eigenvalue weighted by Crippen LogP contribution is -2.11. The van der Waals surface area contributed by atoms with E-state index in [2.05, 4.69) is 20.9 Å². The zero-order valence-corrected chi connectivity index (χ0v) is 8.53. The summed E-state index contributed by atoms with van der Waals surface area (Å²) in [5.41, 5.74) is 2.39. The molecule has 0 saturated carbocycles. The quantitative estimate of drug-likeness (QED) is 0.636. The Kier molecular flexibility index (Phi) is 3.17. The molecule has 15 heavy (non-hydrogen) atoms. The van der Waals surface area contributed by atoms with Gasteiger partial charge >= 0.3 is 6.18 Å². The number of hydrogen-bond acceptors (Lipinski definition) is 2. The minimum Gasteiger partial charge on any atom is -0.398 e. The number of nitrogens with zero attached hydrogens (tertiary/aromatic N) is 1. The van der Waals surface area contributed by atoms with E-state index in [9.17, 15) is 22.0 Å². The van der Waals surface area contributed by atoms with E-state index in [1.165, 1.54) is 0 Å². The van der Waals surface area contributed by atoms with Crippen molar-refractivity contribution in [2.75, 3.05) is 5.73 Å². The zero-order chi connectivity index (χ0) is 11.8. The van der Waals surface area contributed by atoms with Crippen LogP contribution in [0.25, 0.3) is 0 Å². The number of aromatic nitrogens is 1. The van der Waals surface area contributed by atoms with Crippen LogP contribution in [0.5, 0.6) is 0 Å². The van der Waals surface area contributed by atoms with Gasteiger partial charge in [-0.15, -0.1) is 0 Å². The van der Waals surface area contributed by atoms with Gasteiger partial charge in [-0.3, -0.25) is 0 Å². The van der Waals surface area contributed by atoms with Gasteiger partial charge in [0, 0.05) is 5.69 Å². The van der Waals surface area contributed by atoms with E-state index in [1.54, 1.807) is 0 Å². The van der Waals surface area contributed by atoms with Crippen LogP contribution in [-0.4, -0.2) is 4.98 Å². The molecule has 1 aromatic rings. The van der Waals surface area contributed by atoms with Crippen LogP contribution in [0.1, 0.15) is 17.7 Å². The highest BCUT2D eigenvalue weighted by Crippen LogP contribution is 2.36. The Balaban J connectivity index is 3.32. The molecule has 0 fully saturated rings. The summed E-state index contributed by atoms with van der Waals surface area (Å²) in [5, 5.41) is 0. The standard InChI is InChI=1S/C7H4BrF5N2/c8-5-4(6(9)10)2(14)1-3(15-5)7(11,12)13/h1,6H,(H2,14,15). The highest BCUT2D eigenvalue weighted by atomic mass is 79.9. The summed E-state index contributed by atoms with van der Waals surface area (Å²) in [6, 6.07) is 0.381. The molecule has 0 atom stereocenters. The molecule has 1 aromatic heterocycles. The van der Waals surface area contributed by atoms with Gasteiger partial charge in [-0.05, 0) is 22.0 Å². The molecule has 0 saturated heterocycles. The molecule has 0 bridgehead atoms. The Morgan fingerprint density at radius 2 is 1.87 bits per heavy atom. The van der Waals surface area contributed by atoms with Crippen molar-refractivity contribution in [3.05, 3.63) is 21.9 Å². The fourth-order valence-corrected chi connectivity index (χ4v) is 1.50. The van der Waals surface area contributed by atoms with Gasteiger partial charge in [0.2, 0.25) is 0 Å². The number of pyridine rings is 1. The Bertz CT molecular complexity index is 353. The minimum atomic E-state index is -4.71. The number of nitrogens with two attached hydrogens (primary N) is 1. The summed E-state index contributed by atoms with van der Waals surface area (Å²) >= 11 is 2.52. The van der Waals surface area contributed by atoms with Gasteiger partial charge in [0.15, 0.2) is 0 Å². The van der Waals surface area contributed by atoms with Crippen molar-refractivity contribution in [1.82, 2.24) is 4.98 Å². The van der Waals surface area contributed by atoms with Crippen molar-refractivity contribution in [1.29, 1.82) is 0 Å². The van der Waals surface area contributed by atoms with Gasteiger partial charge in [0.1, 0.15) is 10.3 Å². The first-order valence-electron chi connectivity index (χ1n) is 3.54. The summed E-state index contributed by atoms with van der Waals surface area (Å²) in [7, 11) is 0. The van der Waals surface area contributed by atoms with Crippen molar-refractivity contribution in [3.8, 4) is 0 Å². The summed E-state index contributed by atoms with van der Waals surface area (Å²) in [4.78, 5) is 2.96. The van der Waals surface area contributed by atoms with Gasteiger partial charge in [0.05, 0.1) is 5.56 Å². The molecule has 0 radical (unpaired) electrons. The minimum absolute atomic E-state index is 0.381. The number of halogens is 6. The Morgan fingerprint density at radius 1 is 1.33 bits per heavy atom. The van der Waals surface area contributed by atoms with Crippen molar-refractivity contribution >= 4 is 21.6 Å². The molecule has 1 rings (SSSR count). The molecule has 0 aromatic carbocycles. The topological polar surface area (TPSA) is 38.9 Å². The molecule has 84 valence electrons. The lowest BCUT2D eigenvalue weighted by molar-refractivity contribution is -0.141. The Hall–Kier alpha value is -0.920. The molecule has 0 amide bonds. The lowest BCUT2D eigenvalue weighted by atomic mass is 10.2. The van der Waals surface area contributed by atoms with Crippen LogP contribution in [0, 0.1) is 0 Å². The summed E-state index contributed by atoms with van der Waals surface area (Å²) in [6.07, 6.45) is -7.69. The van der Waals surface area contributed by atoms with E-state index >= 15 is 0 Å². The van der Waals surface area contributed by atoms with Crippen LogP contribution in [0.3, 0.4) is 0 Å². The second kappa shape index (κ2) is 3.92. The first kappa shape index (κ1) is 12.2. The maximum atomic E-state index is 12.3. The molecule has 8 heteroatoms. The summed E-state index contributed by atoms with van der Waals surface area (Å²) in [6.45, 7) is 0. The third kappa shape index (κ3) is 2.55. The van der Waals surface area contributed by atoms with Crippen LogP contribution in [0.2, 0.25) is 0 Å².